The van der Waals surface area contributed by atoms with Gasteiger partial charge in [-0.3, -0.25) is 34.7 Å². The number of phenolic OH excluding ortho intramolecular Hbond substituents is 1. The number of aromatic nitrogens is 1. The molecule has 1 saturated carbocycles. The molecule has 12 nitrogen and oxygen atoms in total. The highest BCUT2D eigenvalue weighted by molar-refractivity contribution is 6.33. The number of anilines is 2. The number of aromatic hydroxyl groups is 1. The van der Waals surface area contributed by atoms with Gasteiger partial charge in [-0.25, -0.2) is 9.88 Å². The van der Waals surface area contributed by atoms with Crippen LogP contribution in [0.15, 0.2) is 90.6 Å². The molecule has 6 atom stereocenters. The van der Waals surface area contributed by atoms with E-state index in [1.807, 2.05) is 0 Å². The van der Waals surface area contributed by atoms with E-state index in [-0.39, 0.29) is 35.5 Å². The van der Waals surface area contributed by atoms with Crippen molar-refractivity contribution in [2.24, 2.45) is 23.7 Å². The zero-order valence-corrected chi connectivity index (χ0v) is 30.5. The van der Waals surface area contributed by atoms with Crippen LogP contribution in [0.25, 0.3) is 0 Å². The highest BCUT2D eigenvalue weighted by atomic mass is 35.5. The van der Waals surface area contributed by atoms with Gasteiger partial charge in [0.1, 0.15) is 5.75 Å². The van der Waals surface area contributed by atoms with Gasteiger partial charge in [-0.05, 0) is 61.1 Å². The standard InChI is InChI=1S/C39H28Cl2F3N5O7/c1-18-4-2-7-26(32(18)50)31-24-12-13-25-30(36(53)47(34(25)51)22-5-3-6-23(15-22)49(55)56)27(24)16-28-35(52)48(37(54)38(28,31)19-8-10-21(40)11-9-19)46-33-29(41)14-20(17-45-33)39(42,43)44/h2-12,14-15,17,25,27-28,30-31,50H,13,16H2,1H3,(H,45,46)/t25-,27+,28-,30-,31+,38+/m0/s1. The van der Waals surface area contributed by atoms with Crippen molar-refractivity contribution in [1.29, 1.82) is 0 Å². The number of hydrogen-bond donors (Lipinski definition) is 2. The molecule has 0 spiro atoms. The Balaban J connectivity index is 1.31. The molecule has 3 aromatic carbocycles. The number of hydrazine groups is 1. The molecule has 2 saturated heterocycles. The van der Waals surface area contributed by atoms with Gasteiger partial charge < -0.3 is 5.11 Å². The SMILES string of the molecule is Cc1cccc([C@H]2C3=CC[C@@H]4C(=O)N(c5cccc([N+](=O)[O-])c5)C(=O)[C@@H]4[C@@H]3C[C@H]3C(=O)N(Nc4ncc(C(F)(F)F)cc4Cl)C(=O)[C@@]23c2ccc(Cl)cc2)c1O. The van der Waals surface area contributed by atoms with E-state index in [9.17, 15) is 42.8 Å². The predicted molar refractivity (Wildman–Crippen MR) is 195 cm³/mol. The van der Waals surface area contributed by atoms with Gasteiger partial charge in [0.25, 0.3) is 17.5 Å². The first-order valence-corrected chi connectivity index (χ1v) is 18.1. The molecule has 1 aromatic heterocycles. The number of allylic oxidation sites excluding steroid dienone is 2. The van der Waals surface area contributed by atoms with E-state index in [4.69, 9.17) is 23.2 Å². The Hall–Kier alpha value is -5.80. The van der Waals surface area contributed by atoms with Crippen LogP contribution in [0.3, 0.4) is 0 Å². The van der Waals surface area contributed by atoms with Crippen LogP contribution in [0, 0.1) is 40.7 Å². The summed E-state index contributed by atoms with van der Waals surface area (Å²) in [6.45, 7) is 1.65. The van der Waals surface area contributed by atoms with Crippen molar-refractivity contribution in [2.75, 3.05) is 10.3 Å². The summed E-state index contributed by atoms with van der Waals surface area (Å²) in [5, 5.41) is 23.7. The van der Waals surface area contributed by atoms with E-state index >= 15 is 4.79 Å². The van der Waals surface area contributed by atoms with Gasteiger partial charge in [0.05, 0.1) is 44.4 Å². The summed E-state index contributed by atoms with van der Waals surface area (Å²) < 4.78 is 40.4. The predicted octanol–water partition coefficient (Wildman–Crippen LogP) is 7.52. The third-order valence-electron chi connectivity index (χ3n) is 11.4. The van der Waals surface area contributed by atoms with Crippen LogP contribution < -0.4 is 10.3 Å². The Kier molecular flexibility index (Phi) is 8.73. The van der Waals surface area contributed by atoms with Crippen molar-refractivity contribution in [2.45, 2.75) is 37.3 Å². The van der Waals surface area contributed by atoms with Crippen molar-refractivity contribution in [3.05, 3.63) is 133 Å². The molecule has 56 heavy (non-hydrogen) atoms. The number of pyridine rings is 1. The molecule has 2 aliphatic carbocycles. The molecule has 0 bridgehead atoms. The molecule has 17 heteroatoms. The summed E-state index contributed by atoms with van der Waals surface area (Å²) in [6.07, 6.45) is -2.64. The fourth-order valence-electron chi connectivity index (χ4n) is 9.04. The highest BCUT2D eigenvalue weighted by Crippen LogP contribution is 2.65. The monoisotopic (exact) mass is 805 g/mol. The number of nitrogens with zero attached hydrogens (tertiary/aromatic N) is 4. The van der Waals surface area contributed by atoms with Crippen molar-refractivity contribution in [3.8, 4) is 5.75 Å². The molecular formula is C39H28Cl2F3N5O7. The van der Waals surface area contributed by atoms with Gasteiger partial charge in [-0.1, -0.05) is 71.2 Å². The highest BCUT2D eigenvalue weighted by Gasteiger charge is 2.70. The zero-order valence-electron chi connectivity index (χ0n) is 29.0. The van der Waals surface area contributed by atoms with Crippen LogP contribution in [0.4, 0.5) is 30.4 Å². The second-order valence-electron chi connectivity index (χ2n) is 14.2. The van der Waals surface area contributed by atoms with Crippen LogP contribution >= 0.6 is 23.2 Å². The number of benzene rings is 3. The quantitative estimate of drug-likeness (QED) is 0.0869. The largest absolute Gasteiger partial charge is 0.507 e. The lowest BCUT2D eigenvalue weighted by Crippen LogP contribution is -2.53. The lowest BCUT2D eigenvalue weighted by molar-refractivity contribution is -0.384. The van der Waals surface area contributed by atoms with E-state index in [1.54, 1.807) is 43.3 Å². The number of rotatable bonds is 6. The molecule has 4 aromatic rings. The van der Waals surface area contributed by atoms with E-state index in [0.29, 0.717) is 39.0 Å². The Morgan fingerprint density at radius 2 is 1.68 bits per heavy atom. The molecule has 0 radical (unpaired) electrons. The minimum atomic E-state index is -4.78. The van der Waals surface area contributed by atoms with Gasteiger partial charge in [0, 0.05) is 34.8 Å². The average Bonchev–Trinajstić information content (AvgIpc) is 3.54. The lowest BCUT2D eigenvalue weighted by atomic mass is 9.49. The number of halogens is 5. The van der Waals surface area contributed by atoms with Crippen molar-refractivity contribution in [3.63, 3.8) is 0 Å². The number of nitro benzene ring substituents is 1. The normalized spacial score (nSPS) is 25.8. The Labute approximate surface area is 325 Å². The fourth-order valence-corrected chi connectivity index (χ4v) is 9.38. The van der Waals surface area contributed by atoms with Gasteiger partial charge in [0.15, 0.2) is 5.82 Å². The summed E-state index contributed by atoms with van der Waals surface area (Å²) in [5.41, 5.74) is 0.756. The number of non-ortho nitro benzene ring substituents is 1. The minimum Gasteiger partial charge on any atom is -0.507 e. The molecular weight excluding hydrogens is 778 g/mol. The number of aryl methyl sites for hydroxylation is 1. The average molecular weight is 807 g/mol. The van der Waals surface area contributed by atoms with Gasteiger partial charge in [-0.2, -0.15) is 18.2 Å². The first-order chi connectivity index (χ1) is 26.5. The molecule has 286 valence electrons. The van der Waals surface area contributed by atoms with E-state index in [0.717, 1.165) is 11.0 Å². The molecule has 4 amide bonds. The van der Waals surface area contributed by atoms with Crippen LogP contribution in [-0.2, 0) is 30.8 Å². The number of amides is 4. The number of phenols is 1. The molecule has 2 aliphatic heterocycles. The first-order valence-electron chi connectivity index (χ1n) is 17.3. The number of carbonyl (C=O) groups excluding carboxylic acids is 4. The topological polar surface area (TPSA) is 163 Å². The first kappa shape index (κ1) is 37.1. The summed E-state index contributed by atoms with van der Waals surface area (Å²) in [5.74, 6) is -8.75. The molecule has 8 rings (SSSR count). The minimum absolute atomic E-state index is 0.00719. The van der Waals surface area contributed by atoms with Crippen LogP contribution in [0.5, 0.6) is 5.75 Å². The number of imide groups is 2. The molecule has 2 N–H and O–H groups in total. The Bertz CT molecular complexity index is 2430. The molecule has 0 unspecified atom stereocenters. The van der Waals surface area contributed by atoms with Crippen molar-refractivity contribution in [1.82, 2.24) is 9.99 Å². The van der Waals surface area contributed by atoms with Crippen LogP contribution in [-0.4, -0.2) is 43.7 Å². The summed E-state index contributed by atoms with van der Waals surface area (Å²) >= 11 is 12.5. The molecule has 4 aliphatic rings. The summed E-state index contributed by atoms with van der Waals surface area (Å²) in [4.78, 5) is 74.3. The molecule has 3 heterocycles. The number of hydrogen-bond acceptors (Lipinski definition) is 9. The summed E-state index contributed by atoms with van der Waals surface area (Å²) in [7, 11) is 0. The zero-order chi connectivity index (χ0) is 40.0. The summed E-state index contributed by atoms with van der Waals surface area (Å²) in [6, 6.07) is 16.9. The van der Waals surface area contributed by atoms with Crippen LogP contribution in [0.1, 0.15) is 41.0 Å². The smallest absolute Gasteiger partial charge is 0.417 e. The maximum Gasteiger partial charge on any atom is 0.417 e. The third kappa shape index (κ3) is 5.46. The van der Waals surface area contributed by atoms with Gasteiger partial charge >= 0.3 is 6.18 Å². The van der Waals surface area contributed by atoms with Crippen molar-refractivity contribution >= 4 is 64.0 Å². The second-order valence-corrected chi connectivity index (χ2v) is 15.1. The van der Waals surface area contributed by atoms with E-state index in [2.05, 4.69) is 10.4 Å². The number of para-hydroxylation sites is 1. The van der Waals surface area contributed by atoms with E-state index in [1.165, 1.54) is 30.3 Å². The second kappa shape index (κ2) is 13.2. The number of fused-ring (bicyclic) bond motifs is 4. The molecule has 3 fully saturated rings. The number of nitrogens with one attached hydrogen (secondary N) is 1. The Morgan fingerprint density at radius 3 is 2.36 bits per heavy atom. The van der Waals surface area contributed by atoms with E-state index < -0.39 is 86.1 Å². The Morgan fingerprint density at radius 1 is 0.964 bits per heavy atom. The number of carbonyl (C=O) groups is 4. The number of alkyl halides is 3. The lowest BCUT2D eigenvalue weighted by Gasteiger charge is -2.50. The van der Waals surface area contributed by atoms with Crippen molar-refractivity contribution < 1.29 is 42.4 Å². The fraction of sp³-hybridized carbons (Fsp3) is 0.256. The maximum atomic E-state index is 15.3. The van der Waals surface area contributed by atoms with Gasteiger partial charge in [0.2, 0.25) is 11.8 Å². The maximum absolute atomic E-state index is 15.3. The van der Waals surface area contributed by atoms with Crippen LogP contribution in [0.2, 0.25) is 10.0 Å². The third-order valence-corrected chi connectivity index (χ3v) is 12.0. The van der Waals surface area contributed by atoms with Gasteiger partial charge in [-0.15, -0.1) is 0 Å². The number of nitro groups is 1.